The van der Waals surface area contributed by atoms with Crippen LogP contribution < -0.4 is 0 Å². The van der Waals surface area contributed by atoms with E-state index in [1.807, 2.05) is 26.0 Å². The van der Waals surface area contributed by atoms with Gasteiger partial charge >= 0.3 is 0 Å². The molecule has 0 heterocycles. The van der Waals surface area contributed by atoms with Gasteiger partial charge in [-0.15, -0.1) is 0 Å². The molecule has 0 aromatic heterocycles. The highest BCUT2D eigenvalue weighted by Gasteiger charge is 2.19. The molecule has 1 aromatic rings. The quantitative estimate of drug-likeness (QED) is 0.663. The first-order valence-corrected chi connectivity index (χ1v) is 5.70. The Kier molecular flexibility index (Phi) is 4.09. The van der Waals surface area contributed by atoms with E-state index in [1.54, 1.807) is 0 Å². The first kappa shape index (κ1) is 12.3. The zero-order chi connectivity index (χ0) is 12.1. The lowest BCUT2D eigenvalue weighted by molar-refractivity contribution is 0.628. The molecule has 0 N–H and O–H groups in total. The largest absolute Gasteiger partial charge is 0.192 e. The van der Waals surface area contributed by atoms with E-state index in [2.05, 4.69) is 19.1 Å². The minimum atomic E-state index is 0.514. The number of hydrogen-bond donors (Lipinski definition) is 0. The van der Waals surface area contributed by atoms with Gasteiger partial charge in [0.15, 0.2) is 0 Å². The van der Waals surface area contributed by atoms with Crippen molar-refractivity contribution in [3.8, 4) is 12.1 Å². The van der Waals surface area contributed by atoms with Crippen LogP contribution >= 0.6 is 0 Å². The van der Waals surface area contributed by atoms with E-state index >= 15 is 0 Å². The number of benzene rings is 1. The van der Waals surface area contributed by atoms with E-state index in [-0.39, 0.29) is 0 Å². The maximum atomic E-state index is 8.85. The molecule has 1 aliphatic rings. The van der Waals surface area contributed by atoms with Crippen LogP contribution in [0.25, 0.3) is 0 Å². The first-order chi connectivity index (χ1) is 7.74. The molecular weight excluding hydrogens is 196 g/mol. The number of nitriles is 2. The first-order valence-electron chi connectivity index (χ1n) is 5.70. The molecule has 0 saturated heterocycles. The van der Waals surface area contributed by atoms with E-state index in [0.717, 1.165) is 12.8 Å². The highest BCUT2D eigenvalue weighted by Crippen LogP contribution is 2.28. The molecule has 0 aliphatic heterocycles. The number of nitrogens with zero attached hydrogens (tertiary/aromatic N) is 2. The third-order valence-corrected chi connectivity index (χ3v) is 2.72. The summed E-state index contributed by atoms with van der Waals surface area (Å²) in [6.07, 6.45) is 2.07. The van der Waals surface area contributed by atoms with E-state index in [0.29, 0.717) is 17.0 Å². The molecular formula is C14H16N2. The van der Waals surface area contributed by atoms with Crippen LogP contribution in [0.15, 0.2) is 12.1 Å². The molecule has 0 bridgehead atoms. The predicted octanol–water partition coefficient (Wildman–Crippen LogP) is 3.19. The molecule has 0 radical (unpaired) electrons. The molecule has 0 fully saturated rings. The second-order valence-corrected chi connectivity index (χ2v) is 3.90. The Morgan fingerprint density at radius 1 is 1.00 bits per heavy atom. The van der Waals surface area contributed by atoms with Crippen LogP contribution in [-0.2, 0) is 12.8 Å². The van der Waals surface area contributed by atoms with Crippen molar-refractivity contribution in [2.45, 2.75) is 33.6 Å². The molecule has 0 amide bonds. The van der Waals surface area contributed by atoms with E-state index in [4.69, 9.17) is 10.5 Å². The van der Waals surface area contributed by atoms with Crippen molar-refractivity contribution in [3.63, 3.8) is 0 Å². The zero-order valence-electron chi connectivity index (χ0n) is 10.0. The van der Waals surface area contributed by atoms with Gasteiger partial charge in [-0.1, -0.05) is 20.8 Å². The predicted molar refractivity (Wildman–Crippen MR) is 63.8 cm³/mol. The van der Waals surface area contributed by atoms with Crippen molar-refractivity contribution in [2.24, 2.45) is 5.92 Å². The number of rotatable bonds is 0. The van der Waals surface area contributed by atoms with Gasteiger partial charge in [0.05, 0.1) is 11.1 Å². The van der Waals surface area contributed by atoms with Gasteiger partial charge in [0.2, 0.25) is 0 Å². The summed E-state index contributed by atoms with van der Waals surface area (Å²) in [5.74, 6) is 0.644. The maximum absolute atomic E-state index is 8.85. The average Bonchev–Trinajstić information content (AvgIpc) is 2.68. The van der Waals surface area contributed by atoms with Crippen molar-refractivity contribution in [1.82, 2.24) is 0 Å². The Morgan fingerprint density at radius 2 is 1.38 bits per heavy atom. The van der Waals surface area contributed by atoms with Crippen LogP contribution in [-0.4, -0.2) is 0 Å². The summed E-state index contributed by atoms with van der Waals surface area (Å²) in [6, 6.07) is 7.88. The van der Waals surface area contributed by atoms with Gasteiger partial charge in [0.25, 0.3) is 0 Å². The summed E-state index contributed by atoms with van der Waals surface area (Å²) in [4.78, 5) is 0. The molecule has 1 aliphatic carbocycles. The van der Waals surface area contributed by atoms with Crippen molar-refractivity contribution in [3.05, 3.63) is 34.4 Å². The minimum absolute atomic E-state index is 0.514. The molecule has 2 rings (SSSR count). The van der Waals surface area contributed by atoms with Crippen molar-refractivity contribution in [2.75, 3.05) is 0 Å². The zero-order valence-corrected chi connectivity index (χ0v) is 10.0. The van der Waals surface area contributed by atoms with E-state index in [9.17, 15) is 0 Å². The molecule has 16 heavy (non-hydrogen) atoms. The SMILES string of the molecule is CC.CC1Cc2cc(C#N)c(C#N)cc2C1. The number of hydrogen-bond acceptors (Lipinski definition) is 2. The van der Waals surface area contributed by atoms with Crippen LogP contribution in [0.4, 0.5) is 0 Å². The molecule has 82 valence electrons. The van der Waals surface area contributed by atoms with Gasteiger partial charge < -0.3 is 0 Å². The number of fused-ring (bicyclic) bond motifs is 1. The van der Waals surface area contributed by atoms with Crippen molar-refractivity contribution < 1.29 is 0 Å². The fourth-order valence-electron chi connectivity index (χ4n) is 2.08. The lowest BCUT2D eigenvalue weighted by Gasteiger charge is -2.00. The van der Waals surface area contributed by atoms with Crippen LogP contribution in [0.1, 0.15) is 43.0 Å². The third kappa shape index (κ3) is 2.23. The van der Waals surface area contributed by atoms with Gasteiger partial charge in [-0.25, -0.2) is 0 Å². The Labute approximate surface area is 97.1 Å². The van der Waals surface area contributed by atoms with E-state index < -0.39 is 0 Å². The van der Waals surface area contributed by atoms with Crippen LogP contribution in [0.3, 0.4) is 0 Å². The summed E-state index contributed by atoms with van der Waals surface area (Å²) >= 11 is 0. The molecule has 2 heteroatoms. The minimum Gasteiger partial charge on any atom is -0.192 e. The lowest BCUT2D eigenvalue weighted by atomic mass is 10.0. The molecule has 2 nitrogen and oxygen atoms in total. The Hall–Kier alpha value is -1.80. The smallest absolute Gasteiger partial charge is 0.101 e. The molecule has 0 saturated carbocycles. The normalized spacial score (nSPS) is 13.1. The van der Waals surface area contributed by atoms with E-state index in [1.165, 1.54) is 11.1 Å². The lowest BCUT2D eigenvalue weighted by Crippen LogP contribution is -1.89. The highest BCUT2D eigenvalue weighted by molar-refractivity contribution is 5.51. The van der Waals surface area contributed by atoms with Crippen molar-refractivity contribution in [1.29, 1.82) is 10.5 Å². The monoisotopic (exact) mass is 212 g/mol. The summed E-state index contributed by atoms with van der Waals surface area (Å²) in [7, 11) is 0. The average molecular weight is 212 g/mol. The Bertz CT molecular complexity index is 418. The van der Waals surface area contributed by atoms with Gasteiger partial charge in [-0.2, -0.15) is 10.5 Å². The summed E-state index contributed by atoms with van der Waals surface area (Å²) in [5, 5.41) is 17.7. The van der Waals surface area contributed by atoms with Gasteiger partial charge in [-0.05, 0) is 42.0 Å². The maximum Gasteiger partial charge on any atom is 0.101 e. The van der Waals surface area contributed by atoms with Crippen molar-refractivity contribution >= 4 is 0 Å². The van der Waals surface area contributed by atoms with Gasteiger partial charge in [-0.3, -0.25) is 0 Å². The van der Waals surface area contributed by atoms with Crippen LogP contribution in [0.5, 0.6) is 0 Å². The second kappa shape index (κ2) is 5.33. The molecule has 0 spiro atoms. The topological polar surface area (TPSA) is 47.6 Å². The Balaban J connectivity index is 0.000000606. The van der Waals surface area contributed by atoms with Crippen LogP contribution in [0.2, 0.25) is 0 Å². The highest BCUT2D eigenvalue weighted by atomic mass is 14.3. The van der Waals surface area contributed by atoms with Gasteiger partial charge in [0.1, 0.15) is 12.1 Å². The summed E-state index contributed by atoms with van der Waals surface area (Å²) in [6.45, 7) is 6.19. The fourth-order valence-corrected chi connectivity index (χ4v) is 2.08. The van der Waals surface area contributed by atoms with Gasteiger partial charge in [0, 0.05) is 0 Å². The molecule has 0 atom stereocenters. The van der Waals surface area contributed by atoms with Crippen LogP contribution in [0, 0.1) is 28.6 Å². The fraction of sp³-hybridized carbons (Fsp3) is 0.429. The third-order valence-electron chi connectivity index (χ3n) is 2.72. The standard InChI is InChI=1S/C12H10N2.C2H6/c1-8-2-9-4-11(6-13)12(7-14)5-10(9)3-8;1-2/h4-5,8H,2-3H2,1H3;1-2H3. The molecule has 1 aromatic carbocycles. The second-order valence-electron chi connectivity index (χ2n) is 3.90. The summed E-state index contributed by atoms with van der Waals surface area (Å²) in [5.41, 5.74) is 3.52. The Morgan fingerprint density at radius 3 is 1.69 bits per heavy atom. The molecule has 0 unspecified atom stereocenters. The summed E-state index contributed by atoms with van der Waals surface area (Å²) < 4.78 is 0.